The van der Waals surface area contributed by atoms with Gasteiger partial charge in [-0.2, -0.15) is 0 Å². The van der Waals surface area contributed by atoms with Crippen molar-refractivity contribution in [1.82, 2.24) is 0 Å². The molecule has 1 aromatic rings. The Kier molecular flexibility index (Phi) is 8.12. The minimum absolute atomic E-state index is 0.0384. The van der Waals surface area contributed by atoms with E-state index in [9.17, 15) is 14.2 Å². The SMILES string of the molecule is CCOP(=O)(C/C(=C\C1CCCCC1)C(=O)OC1OC(=O)c2ccccc21)CC(C)C. The number of allylic oxidation sites excluding steroid dienone is 1. The fourth-order valence-electron chi connectivity index (χ4n) is 4.36. The lowest BCUT2D eigenvalue weighted by Gasteiger charge is -2.24. The Balaban J connectivity index is 1.83. The van der Waals surface area contributed by atoms with Gasteiger partial charge in [0.05, 0.1) is 18.3 Å². The molecule has 0 bridgehead atoms. The number of ether oxygens (including phenoxy) is 2. The molecule has 2 atom stereocenters. The highest BCUT2D eigenvalue weighted by atomic mass is 31.2. The average Bonchev–Trinajstić information content (AvgIpc) is 3.03. The minimum atomic E-state index is -3.05. The molecule has 0 N–H and O–H groups in total. The van der Waals surface area contributed by atoms with Crippen LogP contribution in [-0.4, -0.2) is 30.9 Å². The van der Waals surface area contributed by atoms with Crippen LogP contribution in [0, 0.1) is 11.8 Å². The number of cyclic esters (lactones) is 1. The van der Waals surface area contributed by atoms with Crippen molar-refractivity contribution in [2.24, 2.45) is 11.8 Å². The maximum absolute atomic E-state index is 13.5. The summed E-state index contributed by atoms with van der Waals surface area (Å²) in [6.07, 6.45) is 6.72. The Morgan fingerprint density at radius 2 is 1.94 bits per heavy atom. The number of hydrogen-bond acceptors (Lipinski definition) is 6. The maximum Gasteiger partial charge on any atom is 0.342 e. The second-order valence-corrected chi connectivity index (χ2v) is 11.4. The summed E-state index contributed by atoms with van der Waals surface area (Å²) in [7, 11) is -3.05. The van der Waals surface area contributed by atoms with Gasteiger partial charge in [0.1, 0.15) is 0 Å². The molecule has 31 heavy (non-hydrogen) atoms. The number of fused-ring (bicyclic) bond motifs is 1. The molecule has 1 aromatic carbocycles. The summed E-state index contributed by atoms with van der Waals surface area (Å²) in [5.41, 5.74) is 1.30. The molecule has 2 aliphatic rings. The molecular weight excluding hydrogens is 415 g/mol. The molecule has 7 heteroatoms. The number of hydrogen-bond donors (Lipinski definition) is 0. The number of rotatable bonds is 9. The van der Waals surface area contributed by atoms with Crippen LogP contribution in [0.1, 0.15) is 75.1 Å². The van der Waals surface area contributed by atoms with E-state index in [-0.39, 0.29) is 18.0 Å². The first kappa shape index (κ1) is 23.7. The number of carbonyl (C=O) groups is 2. The van der Waals surface area contributed by atoms with Crippen molar-refractivity contribution in [3.63, 3.8) is 0 Å². The summed E-state index contributed by atoms with van der Waals surface area (Å²) >= 11 is 0. The summed E-state index contributed by atoms with van der Waals surface area (Å²) < 4.78 is 30.1. The predicted molar refractivity (Wildman–Crippen MR) is 119 cm³/mol. The normalized spacial score (nSPS) is 21.5. The van der Waals surface area contributed by atoms with Gasteiger partial charge in [0.2, 0.25) is 7.37 Å². The zero-order valence-electron chi connectivity index (χ0n) is 18.7. The lowest BCUT2D eigenvalue weighted by atomic mass is 9.88. The zero-order chi connectivity index (χ0) is 22.4. The molecule has 0 saturated heterocycles. The van der Waals surface area contributed by atoms with E-state index in [4.69, 9.17) is 14.0 Å². The van der Waals surface area contributed by atoms with Crippen LogP contribution in [0.3, 0.4) is 0 Å². The van der Waals surface area contributed by atoms with Crippen LogP contribution >= 0.6 is 7.37 Å². The van der Waals surface area contributed by atoms with Gasteiger partial charge in [0.25, 0.3) is 6.29 Å². The molecule has 170 valence electrons. The molecule has 2 unspecified atom stereocenters. The van der Waals surface area contributed by atoms with Crippen molar-refractivity contribution < 1.29 is 28.2 Å². The Morgan fingerprint density at radius 1 is 1.23 bits per heavy atom. The Morgan fingerprint density at radius 3 is 2.61 bits per heavy atom. The van der Waals surface area contributed by atoms with Gasteiger partial charge in [0, 0.05) is 17.3 Å². The van der Waals surface area contributed by atoms with E-state index in [0.717, 1.165) is 25.7 Å². The predicted octanol–water partition coefficient (Wildman–Crippen LogP) is 5.88. The highest BCUT2D eigenvalue weighted by Crippen LogP contribution is 2.50. The third-order valence-electron chi connectivity index (χ3n) is 5.63. The van der Waals surface area contributed by atoms with Crippen molar-refractivity contribution in [2.45, 2.75) is 59.2 Å². The van der Waals surface area contributed by atoms with E-state index in [1.165, 1.54) is 6.42 Å². The molecule has 1 aliphatic carbocycles. The van der Waals surface area contributed by atoms with Crippen molar-refractivity contribution in [3.05, 3.63) is 47.0 Å². The van der Waals surface area contributed by atoms with Crippen LogP contribution in [0.2, 0.25) is 0 Å². The van der Waals surface area contributed by atoms with E-state index in [1.54, 1.807) is 24.3 Å². The fraction of sp³-hybridized carbons (Fsp3) is 0.583. The minimum Gasteiger partial charge on any atom is -0.417 e. The van der Waals surface area contributed by atoms with Gasteiger partial charge in [-0.1, -0.05) is 57.4 Å². The number of carbonyl (C=O) groups excluding carboxylic acids is 2. The quantitative estimate of drug-likeness (QED) is 0.267. The third kappa shape index (κ3) is 6.30. The summed E-state index contributed by atoms with van der Waals surface area (Å²) in [5, 5.41) is 0. The maximum atomic E-state index is 13.5. The second kappa shape index (κ2) is 10.6. The van der Waals surface area contributed by atoms with E-state index in [2.05, 4.69) is 0 Å². The first-order valence-electron chi connectivity index (χ1n) is 11.3. The highest BCUT2D eigenvalue weighted by molar-refractivity contribution is 7.59. The fourth-order valence-corrected chi connectivity index (χ4v) is 7.02. The molecule has 6 nitrogen and oxygen atoms in total. The molecule has 1 fully saturated rings. The van der Waals surface area contributed by atoms with Gasteiger partial charge in [-0.25, -0.2) is 9.59 Å². The molecule has 0 radical (unpaired) electrons. The van der Waals surface area contributed by atoms with Gasteiger partial charge < -0.3 is 14.0 Å². The van der Waals surface area contributed by atoms with Gasteiger partial charge >= 0.3 is 11.9 Å². The first-order chi connectivity index (χ1) is 14.8. The standard InChI is InChI=1S/C24H33O6P/c1-4-28-31(27,15-17(2)3)16-19(14-18-10-6-5-7-11-18)22(25)29-24-21-13-9-8-12-20(21)23(26)30-24/h8-9,12-14,17-18,24H,4-7,10-11,15-16H2,1-3H3/b19-14+. The summed E-state index contributed by atoms with van der Waals surface area (Å²) in [6, 6.07) is 6.87. The molecular formula is C24H33O6P. The largest absolute Gasteiger partial charge is 0.417 e. The summed E-state index contributed by atoms with van der Waals surface area (Å²) in [6.45, 7) is 6.11. The molecule has 3 rings (SSSR count). The van der Waals surface area contributed by atoms with E-state index in [1.807, 2.05) is 26.8 Å². The van der Waals surface area contributed by atoms with Crippen LogP contribution in [0.4, 0.5) is 0 Å². The summed E-state index contributed by atoms with van der Waals surface area (Å²) in [4.78, 5) is 25.3. The van der Waals surface area contributed by atoms with Gasteiger partial charge in [0.15, 0.2) is 0 Å². The summed E-state index contributed by atoms with van der Waals surface area (Å²) in [5.74, 6) is -0.675. The molecule has 0 aromatic heterocycles. The lowest BCUT2D eigenvalue weighted by Crippen LogP contribution is -2.19. The second-order valence-electron chi connectivity index (χ2n) is 8.79. The Labute approximate surface area is 184 Å². The average molecular weight is 448 g/mol. The lowest BCUT2D eigenvalue weighted by molar-refractivity contribution is -0.162. The first-order valence-corrected chi connectivity index (χ1v) is 13.2. The topological polar surface area (TPSA) is 78.9 Å². The van der Waals surface area contributed by atoms with Crippen LogP contribution in [0.5, 0.6) is 0 Å². The van der Waals surface area contributed by atoms with Crippen LogP contribution in [0.15, 0.2) is 35.9 Å². The molecule has 1 heterocycles. The van der Waals surface area contributed by atoms with E-state index in [0.29, 0.717) is 29.5 Å². The third-order valence-corrected chi connectivity index (χ3v) is 8.47. The molecule has 0 spiro atoms. The Hall–Kier alpha value is -1.91. The molecule has 1 saturated carbocycles. The smallest absolute Gasteiger partial charge is 0.342 e. The van der Waals surface area contributed by atoms with Gasteiger partial charge in [-0.3, -0.25) is 4.57 Å². The van der Waals surface area contributed by atoms with Gasteiger partial charge in [-0.15, -0.1) is 0 Å². The van der Waals surface area contributed by atoms with Crippen LogP contribution in [-0.2, 0) is 23.4 Å². The molecule has 0 amide bonds. The van der Waals surface area contributed by atoms with Crippen molar-refractivity contribution in [3.8, 4) is 0 Å². The van der Waals surface area contributed by atoms with Crippen LogP contribution < -0.4 is 0 Å². The van der Waals surface area contributed by atoms with Crippen molar-refractivity contribution in [1.29, 1.82) is 0 Å². The van der Waals surface area contributed by atoms with E-state index >= 15 is 0 Å². The zero-order valence-corrected chi connectivity index (χ0v) is 19.6. The van der Waals surface area contributed by atoms with Crippen molar-refractivity contribution in [2.75, 3.05) is 18.9 Å². The monoisotopic (exact) mass is 448 g/mol. The number of benzene rings is 1. The van der Waals surface area contributed by atoms with Crippen LogP contribution in [0.25, 0.3) is 0 Å². The number of esters is 2. The van der Waals surface area contributed by atoms with E-state index < -0.39 is 25.6 Å². The van der Waals surface area contributed by atoms with Crippen molar-refractivity contribution >= 4 is 19.3 Å². The highest BCUT2D eigenvalue weighted by Gasteiger charge is 2.36. The Bertz CT molecular complexity index is 869. The van der Waals surface area contributed by atoms with Gasteiger partial charge in [-0.05, 0) is 37.7 Å². The molecule has 1 aliphatic heterocycles.